The van der Waals surface area contributed by atoms with Gasteiger partial charge in [0, 0.05) is 6.04 Å². The summed E-state index contributed by atoms with van der Waals surface area (Å²) in [5.41, 5.74) is 0. The highest BCUT2D eigenvalue weighted by atomic mass is 127. The van der Waals surface area contributed by atoms with E-state index in [-0.39, 0.29) is 4.11 Å². The smallest absolute Gasteiger partial charge is 0.106 e. The van der Waals surface area contributed by atoms with Crippen LogP contribution in [-0.4, -0.2) is 21.8 Å². The van der Waals surface area contributed by atoms with Crippen LogP contribution in [0.1, 0.15) is 39.5 Å². The van der Waals surface area contributed by atoms with Crippen molar-refractivity contribution in [2.75, 3.05) is 6.54 Å². The van der Waals surface area contributed by atoms with Crippen LogP contribution in [0.3, 0.4) is 0 Å². The molecule has 0 aliphatic rings. The topological polar surface area (TPSA) is 32.3 Å². The molecular weight excluding hydrogens is 265 g/mol. The second kappa shape index (κ2) is 8.26. The first-order valence-corrected chi connectivity index (χ1v) is 6.00. The molecule has 0 heterocycles. The van der Waals surface area contributed by atoms with Gasteiger partial charge in [-0.05, 0) is 19.4 Å². The van der Waals surface area contributed by atoms with Gasteiger partial charge in [-0.2, -0.15) is 0 Å². The van der Waals surface area contributed by atoms with E-state index in [0.717, 1.165) is 13.0 Å². The van der Waals surface area contributed by atoms with Gasteiger partial charge < -0.3 is 10.4 Å². The van der Waals surface area contributed by atoms with E-state index in [0.29, 0.717) is 6.04 Å². The van der Waals surface area contributed by atoms with Gasteiger partial charge in [0.1, 0.15) is 4.11 Å². The van der Waals surface area contributed by atoms with Gasteiger partial charge in [0.15, 0.2) is 0 Å². The molecule has 0 aromatic rings. The van der Waals surface area contributed by atoms with Crippen molar-refractivity contribution in [3.05, 3.63) is 0 Å². The summed E-state index contributed by atoms with van der Waals surface area (Å²) in [4.78, 5) is 0. The fourth-order valence-corrected chi connectivity index (χ4v) is 1.89. The fraction of sp³-hybridized carbons (Fsp3) is 1.00. The zero-order valence-corrected chi connectivity index (χ0v) is 10.2. The van der Waals surface area contributed by atoms with E-state index in [4.69, 9.17) is 0 Å². The van der Waals surface area contributed by atoms with E-state index in [2.05, 4.69) is 41.8 Å². The maximum absolute atomic E-state index is 9.20. The molecule has 0 fully saturated rings. The van der Waals surface area contributed by atoms with Crippen LogP contribution in [-0.2, 0) is 0 Å². The van der Waals surface area contributed by atoms with E-state index in [1.165, 1.54) is 19.3 Å². The first kappa shape index (κ1) is 12.7. The highest BCUT2D eigenvalue weighted by molar-refractivity contribution is 14.1. The maximum atomic E-state index is 9.20. The van der Waals surface area contributed by atoms with Crippen LogP contribution < -0.4 is 5.32 Å². The van der Waals surface area contributed by atoms with Crippen LogP contribution >= 0.6 is 22.6 Å². The number of nitrogens with one attached hydrogen (secondary N) is 1. The highest BCUT2D eigenvalue weighted by Gasteiger charge is 2.09. The van der Waals surface area contributed by atoms with Gasteiger partial charge in [0.25, 0.3) is 0 Å². The zero-order valence-electron chi connectivity index (χ0n) is 8.02. The molecule has 0 saturated carbocycles. The van der Waals surface area contributed by atoms with Gasteiger partial charge in [-0.15, -0.1) is 0 Å². The molecule has 0 saturated heterocycles. The average Bonchev–Trinajstić information content (AvgIpc) is 2.00. The van der Waals surface area contributed by atoms with Crippen LogP contribution in [0.2, 0.25) is 0 Å². The Kier molecular flexibility index (Phi) is 8.70. The first-order valence-electron chi connectivity index (χ1n) is 4.76. The Morgan fingerprint density at radius 3 is 2.50 bits per heavy atom. The molecule has 0 aliphatic heterocycles. The summed E-state index contributed by atoms with van der Waals surface area (Å²) in [6, 6.07) is 0.502. The molecule has 0 spiro atoms. The fourth-order valence-electron chi connectivity index (χ4n) is 1.28. The molecule has 2 nitrogen and oxygen atoms in total. The van der Waals surface area contributed by atoms with Crippen molar-refractivity contribution in [2.24, 2.45) is 0 Å². The predicted octanol–water partition coefficient (Wildman–Crippen LogP) is 2.30. The van der Waals surface area contributed by atoms with Crippen molar-refractivity contribution in [1.29, 1.82) is 0 Å². The van der Waals surface area contributed by atoms with Gasteiger partial charge in [-0.25, -0.2) is 0 Å². The third-order valence-electron chi connectivity index (χ3n) is 1.88. The van der Waals surface area contributed by atoms with Crippen molar-refractivity contribution in [3.63, 3.8) is 0 Å². The molecule has 3 heteroatoms. The third-order valence-corrected chi connectivity index (χ3v) is 2.39. The molecule has 0 rings (SSSR count). The van der Waals surface area contributed by atoms with Crippen molar-refractivity contribution in [1.82, 2.24) is 5.32 Å². The quantitative estimate of drug-likeness (QED) is 0.555. The molecular formula is C9H20INO. The number of rotatable bonds is 7. The number of halogens is 1. The SMILES string of the molecule is CCCC[C@@H](CC(O)I)NCC. The molecule has 12 heavy (non-hydrogen) atoms. The lowest BCUT2D eigenvalue weighted by atomic mass is 10.1. The molecule has 0 aliphatic carbocycles. The summed E-state index contributed by atoms with van der Waals surface area (Å²) in [7, 11) is 0. The van der Waals surface area contributed by atoms with E-state index >= 15 is 0 Å². The van der Waals surface area contributed by atoms with Gasteiger partial charge >= 0.3 is 0 Å². The molecule has 0 aromatic carbocycles. The van der Waals surface area contributed by atoms with Gasteiger partial charge in [-0.3, -0.25) is 0 Å². The lowest BCUT2D eigenvalue weighted by molar-refractivity contribution is 0.242. The van der Waals surface area contributed by atoms with E-state index in [1.807, 2.05) is 0 Å². The summed E-state index contributed by atoms with van der Waals surface area (Å²) in [6.45, 7) is 5.31. The number of hydrogen-bond acceptors (Lipinski definition) is 2. The largest absolute Gasteiger partial charge is 0.383 e. The zero-order chi connectivity index (χ0) is 9.40. The lowest BCUT2D eigenvalue weighted by Crippen LogP contribution is -2.31. The lowest BCUT2D eigenvalue weighted by Gasteiger charge is -2.18. The summed E-state index contributed by atoms with van der Waals surface area (Å²) in [5.74, 6) is 0. The van der Waals surface area contributed by atoms with Crippen LogP contribution in [0.5, 0.6) is 0 Å². The van der Waals surface area contributed by atoms with Crippen molar-refractivity contribution in [3.8, 4) is 0 Å². The number of aliphatic hydroxyl groups excluding tert-OH is 1. The summed E-state index contributed by atoms with van der Waals surface area (Å²) in [5, 5.41) is 12.6. The van der Waals surface area contributed by atoms with E-state index < -0.39 is 0 Å². The van der Waals surface area contributed by atoms with Gasteiger partial charge in [-0.1, -0.05) is 49.3 Å². The Labute approximate surface area is 89.3 Å². The minimum absolute atomic E-state index is 0.205. The molecule has 74 valence electrons. The standard InChI is InChI=1S/C9H20INO/c1-3-5-6-8(11-4-2)7-9(10)12/h8-9,11-12H,3-7H2,1-2H3/t8-,9?/m0/s1. The Balaban J connectivity index is 3.54. The summed E-state index contributed by atoms with van der Waals surface area (Å²) < 4.78 is -0.205. The van der Waals surface area contributed by atoms with Crippen LogP contribution in [0, 0.1) is 0 Å². The third kappa shape index (κ3) is 7.31. The van der Waals surface area contributed by atoms with Gasteiger partial charge in [0.05, 0.1) is 0 Å². The molecule has 0 radical (unpaired) electrons. The van der Waals surface area contributed by atoms with Crippen molar-refractivity contribution < 1.29 is 5.11 Å². The summed E-state index contributed by atoms with van der Waals surface area (Å²) >= 11 is 2.06. The Bertz CT molecular complexity index is 98.5. The normalized spacial score (nSPS) is 16.0. The molecule has 1 unspecified atom stereocenters. The van der Waals surface area contributed by atoms with Crippen LogP contribution in [0.4, 0.5) is 0 Å². The van der Waals surface area contributed by atoms with Crippen molar-refractivity contribution >= 4 is 22.6 Å². The monoisotopic (exact) mass is 285 g/mol. The number of alkyl halides is 1. The minimum atomic E-state index is -0.205. The Hall–Kier alpha value is 0.650. The van der Waals surface area contributed by atoms with E-state index in [9.17, 15) is 5.11 Å². The average molecular weight is 285 g/mol. The van der Waals surface area contributed by atoms with Gasteiger partial charge in [0.2, 0.25) is 0 Å². The number of hydrogen-bond donors (Lipinski definition) is 2. The minimum Gasteiger partial charge on any atom is -0.383 e. The van der Waals surface area contributed by atoms with Crippen molar-refractivity contribution in [2.45, 2.75) is 49.7 Å². The predicted molar refractivity (Wildman–Crippen MR) is 61.6 cm³/mol. The Morgan fingerprint density at radius 2 is 2.08 bits per heavy atom. The number of unbranched alkanes of at least 4 members (excludes halogenated alkanes) is 1. The van der Waals surface area contributed by atoms with Crippen LogP contribution in [0.15, 0.2) is 0 Å². The summed E-state index contributed by atoms with van der Waals surface area (Å²) in [6.07, 6.45) is 4.54. The molecule has 2 N–H and O–H groups in total. The molecule has 2 atom stereocenters. The van der Waals surface area contributed by atoms with E-state index in [1.54, 1.807) is 0 Å². The second-order valence-corrected chi connectivity index (χ2v) is 4.50. The molecule has 0 amide bonds. The maximum Gasteiger partial charge on any atom is 0.106 e. The molecule has 0 bridgehead atoms. The second-order valence-electron chi connectivity index (χ2n) is 3.07. The number of aliphatic hydroxyl groups is 1. The molecule has 0 aromatic heterocycles. The first-order chi connectivity index (χ1) is 5.70. The van der Waals surface area contributed by atoms with Crippen LogP contribution in [0.25, 0.3) is 0 Å². The Morgan fingerprint density at radius 1 is 1.42 bits per heavy atom. The highest BCUT2D eigenvalue weighted by Crippen LogP contribution is 2.10.